The van der Waals surface area contributed by atoms with E-state index in [4.69, 9.17) is 4.98 Å². The second-order valence-electron chi connectivity index (χ2n) is 5.24. The molecule has 1 fully saturated rings. The van der Waals surface area contributed by atoms with Crippen molar-refractivity contribution in [1.29, 1.82) is 0 Å². The Hall–Kier alpha value is -1.35. The Morgan fingerprint density at radius 1 is 1.29 bits per heavy atom. The number of nitrogens with zero attached hydrogens (tertiary/aromatic N) is 3. The summed E-state index contributed by atoms with van der Waals surface area (Å²) in [5.41, 5.74) is 3.60. The van der Waals surface area contributed by atoms with Gasteiger partial charge in [0.05, 0.1) is 5.69 Å². The van der Waals surface area contributed by atoms with E-state index in [0.29, 0.717) is 5.92 Å². The number of imidazole rings is 1. The van der Waals surface area contributed by atoms with Crippen LogP contribution in [0.5, 0.6) is 0 Å². The van der Waals surface area contributed by atoms with E-state index in [2.05, 4.69) is 47.8 Å². The standard InChI is InChI=1S/C14H19N3/c1-11-5-6-14-15-13(10-17(14)8-11)12-4-3-7-16(2)9-12/h5-6,8,10,12H,3-4,7,9H2,1-2H3. The van der Waals surface area contributed by atoms with Crippen LogP contribution in [-0.4, -0.2) is 34.4 Å². The van der Waals surface area contributed by atoms with Gasteiger partial charge in [0.2, 0.25) is 0 Å². The van der Waals surface area contributed by atoms with Gasteiger partial charge in [-0.3, -0.25) is 0 Å². The Labute approximate surface area is 102 Å². The first kappa shape index (κ1) is 10.8. The van der Waals surface area contributed by atoms with Crippen molar-refractivity contribution in [3.8, 4) is 0 Å². The number of likely N-dealkylation sites (tertiary alicyclic amines) is 1. The van der Waals surface area contributed by atoms with Crippen molar-refractivity contribution in [2.75, 3.05) is 20.1 Å². The molecule has 90 valence electrons. The zero-order valence-electron chi connectivity index (χ0n) is 10.6. The molecular formula is C14H19N3. The van der Waals surface area contributed by atoms with Crippen LogP contribution in [0.4, 0.5) is 0 Å². The van der Waals surface area contributed by atoms with E-state index >= 15 is 0 Å². The lowest BCUT2D eigenvalue weighted by Crippen LogP contribution is -2.30. The molecule has 1 unspecified atom stereocenters. The average Bonchev–Trinajstić information content (AvgIpc) is 2.72. The van der Waals surface area contributed by atoms with Gasteiger partial charge in [0.1, 0.15) is 5.65 Å². The lowest BCUT2D eigenvalue weighted by molar-refractivity contribution is 0.249. The Kier molecular flexibility index (Phi) is 2.63. The van der Waals surface area contributed by atoms with Crippen LogP contribution in [0.1, 0.15) is 30.0 Å². The second-order valence-corrected chi connectivity index (χ2v) is 5.24. The van der Waals surface area contributed by atoms with Crippen molar-refractivity contribution >= 4 is 5.65 Å². The molecule has 1 atom stereocenters. The molecule has 0 radical (unpaired) electrons. The van der Waals surface area contributed by atoms with E-state index in [0.717, 1.165) is 12.2 Å². The molecule has 0 amide bonds. The van der Waals surface area contributed by atoms with E-state index < -0.39 is 0 Å². The second kappa shape index (κ2) is 4.15. The Morgan fingerprint density at radius 3 is 3.00 bits per heavy atom. The summed E-state index contributed by atoms with van der Waals surface area (Å²) in [5, 5.41) is 0. The molecule has 1 saturated heterocycles. The third-order valence-electron chi connectivity index (χ3n) is 3.66. The fourth-order valence-electron chi connectivity index (χ4n) is 2.73. The highest BCUT2D eigenvalue weighted by Crippen LogP contribution is 2.25. The highest BCUT2D eigenvalue weighted by molar-refractivity contribution is 5.41. The maximum absolute atomic E-state index is 4.75. The van der Waals surface area contributed by atoms with Crippen molar-refractivity contribution in [1.82, 2.24) is 14.3 Å². The lowest BCUT2D eigenvalue weighted by Gasteiger charge is -2.28. The molecule has 17 heavy (non-hydrogen) atoms. The van der Waals surface area contributed by atoms with Crippen molar-refractivity contribution in [2.24, 2.45) is 0 Å². The minimum Gasteiger partial charge on any atom is -0.307 e. The zero-order chi connectivity index (χ0) is 11.8. The SMILES string of the molecule is Cc1ccc2nc(C3CCCN(C)C3)cn2c1. The van der Waals surface area contributed by atoms with E-state index in [1.165, 1.54) is 30.6 Å². The van der Waals surface area contributed by atoms with Crippen LogP contribution < -0.4 is 0 Å². The summed E-state index contributed by atoms with van der Waals surface area (Å²) in [5.74, 6) is 0.606. The quantitative estimate of drug-likeness (QED) is 0.748. The fourth-order valence-corrected chi connectivity index (χ4v) is 2.73. The summed E-state index contributed by atoms with van der Waals surface area (Å²) >= 11 is 0. The zero-order valence-corrected chi connectivity index (χ0v) is 10.6. The van der Waals surface area contributed by atoms with Crippen molar-refractivity contribution in [3.05, 3.63) is 35.8 Å². The summed E-state index contributed by atoms with van der Waals surface area (Å²) < 4.78 is 2.15. The number of fused-ring (bicyclic) bond motifs is 1. The smallest absolute Gasteiger partial charge is 0.136 e. The van der Waals surface area contributed by atoms with E-state index in [9.17, 15) is 0 Å². The number of pyridine rings is 1. The van der Waals surface area contributed by atoms with Crippen LogP contribution >= 0.6 is 0 Å². The largest absolute Gasteiger partial charge is 0.307 e. The van der Waals surface area contributed by atoms with Crippen molar-refractivity contribution in [2.45, 2.75) is 25.7 Å². The van der Waals surface area contributed by atoms with Gasteiger partial charge in [-0.1, -0.05) is 6.07 Å². The van der Waals surface area contributed by atoms with Crippen LogP contribution in [0.15, 0.2) is 24.5 Å². The first-order valence-corrected chi connectivity index (χ1v) is 6.36. The number of hydrogen-bond donors (Lipinski definition) is 0. The summed E-state index contributed by atoms with van der Waals surface area (Å²) in [6.45, 7) is 4.49. The molecule has 2 aromatic rings. The van der Waals surface area contributed by atoms with Crippen molar-refractivity contribution < 1.29 is 0 Å². The Bertz CT molecular complexity index is 529. The van der Waals surface area contributed by atoms with Crippen LogP contribution in [-0.2, 0) is 0 Å². The third-order valence-corrected chi connectivity index (χ3v) is 3.66. The van der Waals surface area contributed by atoms with Crippen LogP contribution in [0, 0.1) is 6.92 Å². The first-order valence-electron chi connectivity index (χ1n) is 6.36. The van der Waals surface area contributed by atoms with E-state index in [-0.39, 0.29) is 0 Å². The normalized spacial score (nSPS) is 22.1. The van der Waals surface area contributed by atoms with Crippen LogP contribution in [0.3, 0.4) is 0 Å². The van der Waals surface area contributed by atoms with Gasteiger partial charge in [0, 0.05) is 24.9 Å². The molecule has 3 rings (SSSR count). The molecule has 0 aromatic carbocycles. The summed E-state index contributed by atoms with van der Waals surface area (Å²) in [6, 6.07) is 4.23. The van der Waals surface area contributed by atoms with Gasteiger partial charge < -0.3 is 9.30 Å². The molecule has 0 bridgehead atoms. The highest BCUT2D eigenvalue weighted by Gasteiger charge is 2.21. The van der Waals surface area contributed by atoms with Crippen LogP contribution in [0.2, 0.25) is 0 Å². The van der Waals surface area contributed by atoms with E-state index in [1.807, 2.05) is 0 Å². The summed E-state index contributed by atoms with van der Waals surface area (Å²) in [6.07, 6.45) is 6.91. The Balaban J connectivity index is 1.94. The maximum atomic E-state index is 4.75. The van der Waals surface area contributed by atoms with Crippen LogP contribution in [0.25, 0.3) is 5.65 Å². The van der Waals surface area contributed by atoms with Gasteiger partial charge in [-0.05, 0) is 45.0 Å². The molecule has 3 heterocycles. The molecule has 0 N–H and O–H groups in total. The van der Waals surface area contributed by atoms with Gasteiger partial charge in [0.25, 0.3) is 0 Å². The number of hydrogen-bond acceptors (Lipinski definition) is 2. The van der Waals surface area contributed by atoms with Gasteiger partial charge in [-0.2, -0.15) is 0 Å². The molecule has 0 spiro atoms. The third kappa shape index (κ3) is 2.07. The molecule has 1 aliphatic rings. The molecule has 3 nitrogen and oxygen atoms in total. The topological polar surface area (TPSA) is 20.5 Å². The predicted molar refractivity (Wildman–Crippen MR) is 69.4 cm³/mol. The van der Waals surface area contributed by atoms with Gasteiger partial charge in [0.15, 0.2) is 0 Å². The number of likely N-dealkylation sites (N-methyl/N-ethyl adjacent to an activating group) is 1. The highest BCUT2D eigenvalue weighted by atomic mass is 15.1. The minimum atomic E-state index is 0.606. The number of aromatic nitrogens is 2. The molecule has 1 aliphatic heterocycles. The van der Waals surface area contributed by atoms with Gasteiger partial charge in [-0.15, -0.1) is 0 Å². The number of piperidine rings is 1. The molecule has 3 heteroatoms. The molecule has 2 aromatic heterocycles. The molecular weight excluding hydrogens is 210 g/mol. The minimum absolute atomic E-state index is 0.606. The monoisotopic (exact) mass is 229 g/mol. The summed E-state index contributed by atoms with van der Waals surface area (Å²) in [4.78, 5) is 7.15. The summed E-state index contributed by atoms with van der Waals surface area (Å²) in [7, 11) is 2.20. The molecule has 0 aliphatic carbocycles. The fraction of sp³-hybridized carbons (Fsp3) is 0.500. The number of aryl methyl sites for hydroxylation is 1. The Morgan fingerprint density at radius 2 is 2.18 bits per heavy atom. The van der Waals surface area contributed by atoms with Gasteiger partial charge in [-0.25, -0.2) is 4.98 Å². The van der Waals surface area contributed by atoms with E-state index in [1.54, 1.807) is 0 Å². The molecule has 0 saturated carbocycles. The maximum Gasteiger partial charge on any atom is 0.136 e. The first-order chi connectivity index (χ1) is 8.22. The predicted octanol–water partition coefficient (Wildman–Crippen LogP) is 2.45. The lowest BCUT2D eigenvalue weighted by atomic mass is 9.96. The number of rotatable bonds is 1. The van der Waals surface area contributed by atoms with Crippen molar-refractivity contribution in [3.63, 3.8) is 0 Å². The van der Waals surface area contributed by atoms with Gasteiger partial charge >= 0.3 is 0 Å². The average molecular weight is 229 g/mol.